The van der Waals surface area contributed by atoms with Gasteiger partial charge in [0.2, 0.25) is 10.0 Å². The Morgan fingerprint density at radius 3 is 2.78 bits per heavy atom. The number of aromatic amines is 1. The number of halogens is 1. The van der Waals surface area contributed by atoms with E-state index >= 15 is 0 Å². The predicted octanol–water partition coefficient (Wildman–Crippen LogP) is 2.42. The third-order valence-electron chi connectivity index (χ3n) is 3.63. The molecule has 2 rings (SSSR count). The van der Waals surface area contributed by atoms with Gasteiger partial charge in [0.05, 0.1) is 10.8 Å². The minimum atomic E-state index is -3.35. The van der Waals surface area contributed by atoms with E-state index in [4.69, 9.17) is 11.6 Å². The first-order valence-electron chi connectivity index (χ1n) is 6.18. The van der Waals surface area contributed by atoms with Crippen LogP contribution in [-0.2, 0) is 15.9 Å². The molecule has 0 amide bonds. The quantitative estimate of drug-likeness (QED) is 0.866. The van der Waals surface area contributed by atoms with Crippen molar-refractivity contribution in [2.24, 2.45) is 11.8 Å². The summed E-state index contributed by atoms with van der Waals surface area (Å²) in [6.07, 6.45) is 2.47. The van der Waals surface area contributed by atoms with Gasteiger partial charge in [-0.15, -0.1) is 11.6 Å². The van der Waals surface area contributed by atoms with Gasteiger partial charge in [-0.25, -0.2) is 8.42 Å². The molecule has 1 saturated heterocycles. The van der Waals surface area contributed by atoms with Crippen LogP contribution in [0.1, 0.15) is 26.0 Å². The molecule has 1 aliphatic heterocycles. The summed E-state index contributed by atoms with van der Waals surface area (Å²) in [6.45, 7) is 5.53. The number of nitrogens with one attached hydrogen (secondary N) is 1. The number of nitrogens with zero attached hydrogens (tertiary/aromatic N) is 1. The molecule has 0 bridgehead atoms. The van der Waals surface area contributed by atoms with Crippen LogP contribution in [0.3, 0.4) is 0 Å². The molecule has 102 valence electrons. The minimum Gasteiger partial charge on any atom is -0.363 e. The van der Waals surface area contributed by atoms with E-state index in [1.807, 2.05) is 0 Å². The van der Waals surface area contributed by atoms with Crippen LogP contribution in [0.25, 0.3) is 0 Å². The van der Waals surface area contributed by atoms with Crippen molar-refractivity contribution in [1.82, 2.24) is 9.29 Å². The van der Waals surface area contributed by atoms with Crippen molar-refractivity contribution < 1.29 is 8.42 Å². The summed E-state index contributed by atoms with van der Waals surface area (Å²) < 4.78 is 26.4. The van der Waals surface area contributed by atoms with Crippen molar-refractivity contribution in [3.63, 3.8) is 0 Å². The molecule has 18 heavy (non-hydrogen) atoms. The molecule has 2 heterocycles. The molecule has 1 atom stereocenters. The zero-order valence-electron chi connectivity index (χ0n) is 10.7. The van der Waals surface area contributed by atoms with E-state index in [2.05, 4.69) is 18.8 Å². The first-order valence-corrected chi connectivity index (χ1v) is 8.16. The molecule has 1 fully saturated rings. The molecule has 1 N–H and O–H groups in total. The van der Waals surface area contributed by atoms with Crippen LogP contribution < -0.4 is 0 Å². The summed E-state index contributed by atoms with van der Waals surface area (Å²) in [6, 6.07) is 1.62. The highest BCUT2D eigenvalue weighted by atomic mass is 35.5. The Hall–Kier alpha value is -0.520. The SMILES string of the molecule is CC(C)C1CCN(S(=O)(=O)c2c[nH]c(CCl)c2)C1. The third kappa shape index (κ3) is 2.58. The fraction of sp³-hybridized carbons (Fsp3) is 0.667. The molecule has 0 spiro atoms. The van der Waals surface area contributed by atoms with E-state index in [0.717, 1.165) is 12.1 Å². The van der Waals surface area contributed by atoms with Gasteiger partial charge in [-0.1, -0.05) is 13.8 Å². The van der Waals surface area contributed by atoms with Gasteiger partial charge in [-0.2, -0.15) is 4.31 Å². The van der Waals surface area contributed by atoms with Gasteiger partial charge in [0.1, 0.15) is 0 Å². The average molecular weight is 291 g/mol. The Kier molecular flexibility index (Phi) is 4.04. The zero-order chi connectivity index (χ0) is 13.3. The Labute approximate surface area is 113 Å². The fourth-order valence-corrected chi connectivity index (χ4v) is 4.00. The van der Waals surface area contributed by atoms with Crippen molar-refractivity contribution in [3.8, 4) is 0 Å². The topological polar surface area (TPSA) is 53.2 Å². The minimum absolute atomic E-state index is 0.296. The number of alkyl halides is 1. The first-order chi connectivity index (χ1) is 8.45. The number of aromatic nitrogens is 1. The van der Waals surface area contributed by atoms with E-state index in [-0.39, 0.29) is 0 Å². The van der Waals surface area contributed by atoms with Crippen molar-refractivity contribution >= 4 is 21.6 Å². The van der Waals surface area contributed by atoms with Crippen LogP contribution in [0.5, 0.6) is 0 Å². The van der Waals surface area contributed by atoms with E-state index in [9.17, 15) is 8.42 Å². The second-order valence-corrected chi connectivity index (χ2v) is 7.36. The number of hydrogen-bond donors (Lipinski definition) is 1. The largest absolute Gasteiger partial charge is 0.363 e. The highest BCUT2D eigenvalue weighted by molar-refractivity contribution is 7.89. The molecular weight excluding hydrogens is 272 g/mol. The molecule has 1 aliphatic rings. The monoisotopic (exact) mass is 290 g/mol. The summed E-state index contributed by atoms with van der Waals surface area (Å²) in [7, 11) is -3.35. The van der Waals surface area contributed by atoms with Crippen molar-refractivity contribution in [1.29, 1.82) is 0 Å². The second kappa shape index (κ2) is 5.23. The Bertz CT molecular complexity index is 510. The Balaban J connectivity index is 2.17. The first kappa shape index (κ1) is 13.9. The fourth-order valence-electron chi connectivity index (χ4n) is 2.31. The number of rotatable bonds is 4. The third-order valence-corrected chi connectivity index (χ3v) is 5.76. The molecule has 4 nitrogen and oxygen atoms in total. The van der Waals surface area contributed by atoms with Gasteiger partial charge in [-0.3, -0.25) is 0 Å². The van der Waals surface area contributed by atoms with E-state index < -0.39 is 10.0 Å². The number of sulfonamides is 1. The Morgan fingerprint density at radius 2 is 2.28 bits per heavy atom. The summed E-state index contributed by atoms with van der Waals surface area (Å²) >= 11 is 5.68. The highest BCUT2D eigenvalue weighted by Gasteiger charge is 2.34. The van der Waals surface area contributed by atoms with Crippen LogP contribution in [0, 0.1) is 11.8 Å². The average Bonchev–Trinajstić information content (AvgIpc) is 2.98. The lowest BCUT2D eigenvalue weighted by Crippen LogP contribution is -2.29. The summed E-state index contributed by atoms with van der Waals surface area (Å²) in [5.74, 6) is 1.28. The van der Waals surface area contributed by atoms with Gasteiger partial charge in [0, 0.05) is 25.0 Å². The van der Waals surface area contributed by atoms with Gasteiger partial charge < -0.3 is 4.98 Å². The molecule has 0 aliphatic carbocycles. The standard InChI is InChI=1S/C12H19ClN2O2S/c1-9(2)10-3-4-15(8-10)18(16,17)12-5-11(6-13)14-7-12/h5,7,9-10,14H,3-4,6,8H2,1-2H3. The highest BCUT2D eigenvalue weighted by Crippen LogP contribution is 2.28. The summed E-state index contributed by atoms with van der Waals surface area (Å²) in [5.41, 5.74) is 0.731. The van der Waals surface area contributed by atoms with E-state index in [0.29, 0.717) is 35.7 Å². The van der Waals surface area contributed by atoms with Crippen LogP contribution in [0.4, 0.5) is 0 Å². The lowest BCUT2D eigenvalue weighted by atomic mass is 9.96. The van der Waals surface area contributed by atoms with Gasteiger partial charge in [0.15, 0.2) is 0 Å². The molecule has 0 radical (unpaired) electrons. The summed E-state index contributed by atoms with van der Waals surface area (Å²) in [5, 5.41) is 0. The van der Waals surface area contributed by atoms with Crippen LogP contribution in [-0.4, -0.2) is 30.8 Å². The molecule has 0 saturated carbocycles. The van der Waals surface area contributed by atoms with Crippen LogP contribution >= 0.6 is 11.6 Å². The van der Waals surface area contributed by atoms with Gasteiger partial charge in [-0.05, 0) is 24.3 Å². The predicted molar refractivity (Wildman–Crippen MR) is 72.1 cm³/mol. The van der Waals surface area contributed by atoms with Crippen LogP contribution in [0.2, 0.25) is 0 Å². The maximum absolute atomic E-state index is 12.4. The molecule has 0 aromatic carbocycles. The zero-order valence-corrected chi connectivity index (χ0v) is 12.3. The van der Waals surface area contributed by atoms with Crippen molar-refractivity contribution in [2.45, 2.75) is 31.0 Å². The van der Waals surface area contributed by atoms with Crippen LogP contribution in [0.15, 0.2) is 17.2 Å². The lowest BCUT2D eigenvalue weighted by molar-refractivity contribution is 0.388. The maximum atomic E-state index is 12.4. The van der Waals surface area contributed by atoms with E-state index in [1.165, 1.54) is 6.20 Å². The molecule has 1 aromatic heterocycles. The lowest BCUT2D eigenvalue weighted by Gasteiger charge is -2.17. The molecule has 1 aromatic rings. The van der Waals surface area contributed by atoms with E-state index in [1.54, 1.807) is 10.4 Å². The molecular formula is C12H19ClN2O2S. The molecule has 1 unspecified atom stereocenters. The Morgan fingerprint density at radius 1 is 1.56 bits per heavy atom. The van der Waals surface area contributed by atoms with Gasteiger partial charge >= 0.3 is 0 Å². The normalized spacial score (nSPS) is 21.9. The second-order valence-electron chi connectivity index (χ2n) is 5.15. The number of hydrogen-bond acceptors (Lipinski definition) is 2. The maximum Gasteiger partial charge on any atom is 0.244 e. The smallest absolute Gasteiger partial charge is 0.244 e. The van der Waals surface area contributed by atoms with Crippen molar-refractivity contribution in [3.05, 3.63) is 18.0 Å². The van der Waals surface area contributed by atoms with Crippen molar-refractivity contribution in [2.75, 3.05) is 13.1 Å². The number of H-pyrrole nitrogens is 1. The summed E-state index contributed by atoms with van der Waals surface area (Å²) in [4.78, 5) is 3.20. The molecule has 6 heteroatoms. The van der Waals surface area contributed by atoms with Gasteiger partial charge in [0.25, 0.3) is 0 Å².